The van der Waals surface area contributed by atoms with Crippen LogP contribution in [0.3, 0.4) is 0 Å². The first kappa shape index (κ1) is 18.2. The molecule has 134 valence electrons. The molecule has 0 saturated carbocycles. The summed E-state index contributed by atoms with van der Waals surface area (Å²) in [4.78, 5) is 17.8. The van der Waals surface area contributed by atoms with E-state index in [2.05, 4.69) is 54.8 Å². The number of aromatic nitrogens is 1. The van der Waals surface area contributed by atoms with Crippen molar-refractivity contribution >= 4 is 29.4 Å². The van der Waals surface area contributed by atoms with Crippen molar-refractivity contribution in [2.45, 2.75) is 46.1 Å². The number of fused-ring (bicyclic) bond motifs is 3. The maximum absolute atomic E-state index is 10.9. The molecule has 0 radical (unpaired) electrons. The lowest BCUT2D eigenvalue weighted by Crippen LogP contribution is -1.98. The Bertz CT molecular complexity index is 880. The Hall–Kier alpha value is -1.61. The van der Waals surface area contributed by atoms with Gasteiger partial charge in [-0.2, -0.15) is 0 Å². The molecule has 0 aliphatic heterocycles. The minimum absolute atomic E-state index is 0.000927. The van der Waals surface area contributed by atoms with Gasteiger partial charge in [-0.15, -0.1) is 0 Å². The van der Waals surface area contributed by atoms with E-state index in [1.165, 1.54) is 32.9 Å². The molecule has 0 aliphatic carbocycles. The minimum atomic E-state index is -3.84. The molecular weight excluding hydrogens is 333 g/mol. The molecule has 4 nitrogen and oxygen atoms in total. The van der Waals surface area contributed by atoms with E-state index >= 15 is 0 Å². The third-order valence-electron chi connectivity index (χ3n) is 4.76. The van der Waals surface area contributed by atoms with E-state index < -0.39 is 7.60 Å². The number of aryl methyl sites for hydroxylation is 3. The lowest BCUT2D eigenvalue weighted by molar-refractivity contribution is 0.370. The maximum Gasteiger partial charge on any atom is 0.325 e. The van der Waals surface area contributed by atoms with E-state index in [1.807, 2.05) is 0 Å². The fourth-order valence-corrected chi connectivity index (χ4v) is 4.15. The third kappa shape index (κ3) is 4.33. The first-order valence-electron chi connectivity index (χ1n) is 8.89. The van der Waals surface area contributed by atoms with E-state index in [0.29, 0.717) is 6.42 Å². The number of hydrogen-bond donors (Lipinski definition) is 2. The van der Waals surface area contributed by atoms with Gasteiger partial charge in [-0.3, -0.25) is 4.57 Å². The molecule has 0 spiro atoms. The molecule has 0 fully saturated rings. The predicted molar refractivity (Wildman–Crippen MR) is 104 cm³/mol. The summed E-state index contributed by atoms with van der Waals surface area (Å²) in [5.41, 5.74) is 5.07. The van der Waals surface area contributed by atoms with Gasteiger partial charge in [0.1, 0.15) is 0 Å². The zero-order valence-electron chi connectivity index (χ0n) is 14.9. The first-order valence-corrected chi connectivity index (χ1v) is 10.7. The van der Waals surface area contributed by atoms with Crippen molar-refractivity contribution in [1.29, 1.82) is 0 Å². The molecule has 25 heavy (non-hydrogen) atoms. The van der Waals surface area contributed by atoms with Gasteiger partial charge in [-0.25, -0.2) is 0 Å². The van der Waals surface area contributed by atoms with Crippen LogP contribution in [-0.4, -0.2) is 20.5 Å². The summed E-state index contributed by atoms with van der Waals surface area (Å²) in [5, 5.41) is 2.61. The molecule has 0 saturated heterocycles. The van der Waals surface area contributed by atoms with E-state index in [1.54, 1.807) is 0 Å². The predicted octanol–water partition coefficient (Wildman–Crippen LogP) is 5.15. The Morgan fingerprint density at radius 1 is 0.840 bits per heavy atom. The summed E-state index contributed by atoms with van der Waals surface area (Å²) < 4.78 is 13.3. The highest BCUT2D eigenvalue weighted by molar-refractivity contribution is 7.51. The van der Waals surface area contributed by atoms with Crippen molar-refractivity contribution < 1.29 is 14.4 Å². The summed E-state index contributed by atoms with van der Waals surface area (Å²) in [6.45, 7) is 5.18. The number of nitrogens with zero attached hydrogens (tertiary/aromatic N) is 1. The summed E-state index contributed by atoms with van der Waals surface area (Å²) >= 11 is 0. The van der Waals surface area contributed by atoms with Gasteiger partial charge >= 0.3 is 7.60 Å². The highest BCUT2D eigenvalue weighted by Crippen LogP contribution is 2.35. The topological polar surface area (TPSA) is 62.5 Å². The van der Waals surface area contributed by atoms with Gasteiger partial charge in [0.05, 0.1) is 0 Å². The second-order valence-corrected chi connectivity index (χ2v) is 8.77. The lowest BCUT2D eigenvalue weighted by Gasteiger charge is -2.08. The molecule has 0 unspecified atom stereocenters. The highest BCUT2D eigenvalue weighted by atomic mass is 31.2. The average Bonchev–Trinajstić information content (AvgIpc) is 2.82. The quantitative estimate of drug-likeness (QED) is 0.453. The van der Waals surface area contributed by atoms with E-state index in [0.717, 1.165) is 25.8 Å². The lowest BCUT2D eigenvalue weighted by atomic mass is 10.1. The Morgan fingerprint density at radius 2 is 1.36 bits per heavy atom. The monoisotopic (exact) mass is 359 g/mol. The molecule has 2 N–H and O–H groups in total. The van der Waals surface area contributed by atoms with Crippen LogP contribution in [0, 0.1) is 13.8 Å². The van der Waals surface area contributed by atoms with Gasteiger partial charge < -0.3 is 14.4 Å². The summed E-state index contributed by atoms with van der Waals surface area (Å²) in [5.74, 6) is 0. The van der Waals surface area contributed by atoms with Crippen LogP contribution >= 0.6 is 7.60 Å². The molecule has 1 heterocycles. The first-order chi connectivity index (χ1) is 11.8. The van der Waals surface area contributed by atoms with Gasteiger partial charge in [0, 0.05) is 34.5 Å². The van der Waals surface area contributed by atoms with Crippen LogP contribution in [-0.2, 0) is 11.1 Å². The standard InChI is InChI=1S/C20H26NO3P/c1-15-7-9-19-17(13-15)18-14-16(2)8-10-20(18)21(19)11-5-3-4-6-12-25(22,23)24/h7-10,13-14H,3-6,11-12H2,1-2H3,(H2,22,23,24). The molecule has 5 heteroatoms. The van der Waals surface area contributed by atoms with Crippen molar-refractivity contribution in [3.8, 4) is 0 Å². The van der Waals surface area contributed by atoms with Crippen molar-refractivity contribution in [3.63, 3.8) is 0 Å². The van der Waals surface area contributed by atoms with E-state index in [9.17, 15) is 4.57 Å². The maximum atomic E-state index is 10.9. The Balaban J connectivity index is 1.77. The van der Waals surface area contributed by atoms with Crippen molar-refractivity contribution in [3.05, 3.63) is 47.5 Å². The second-order valence-electron chi connectivity index (χ2n) is 7.00. The fourth-order valence-electron chi connectivity index (χ4n) is 3.51. The second kappa shape index (κ2) is 7.33. The molecule has 2 aromatic carbocycles. The van der Waals surface area contributed by atoms with Crippen LogP contribution in [0.2, 0.25) is 0 Å². The minimum Gasteiger partial charge on any atom is -0.340 e. The van der Waals surface area contributed by atoms with Gasteiger partial charge in [0.2, 0.25) is 0 Å². The zero-order chi connectivity index (χ0) is 18.0. The molecule has 0 aliphatic rings. The van der Waals surface area contributed by atoms with E-state index in [-0.39, 0.29) is 6.16 Å². The number of hydrogen-bond acceptors (Lipinski definition) is 1. The average molecular weight is 359 g/mol. The van der Waals surface area contributed by atoms with Crippen LogP contribution in [0.4, 0.5) is 0 Å². The summed E-state index contributed by atoms with van der Waals surface area (Å²) in [7, 11) is -3.84. The molecule has 0 atom stereocenters. The van der Waals surface area contributed by atoms with Crippen LogP contribution in [0.15, 0.2) is 36.4 Å². The number of unbranched alkanes of at least 4 members (excludes halogenated alkanes) is 3. The normalized spacial score (nSPS) is 12.3. The van der Waals surface area contributed by atoms with E-state index in [4.69, 9.17) is 9.79 Å². The SMILES string of the molecule is Cc1ccc2c(c1)c1cc(C)ccc1n2CCCCCCP(=O)(O)O. The molecular formula is C20H26NO3P. The van der Waals surface area contributed by atoms with Gasteiger partial charge in [0.25, 0.3) is 0 Å². The summed E-state index contributed by atoms with van der Waals surface area (Å²) in [6, 6.07) is 13.2. The van der Waals surface area contributed by atoms with Crippen molar-refractivity contribution in [2.75, 3.05) is 6.16 Å². The van der Waals surface area contributed by atoms with Crippen LogP contribution in [0.5, 0.6) is 0 Å². The molecule has 0 bridgehead atoms. The molecule has 3 aromatic rings. The number of benzene rings is 2. The fraction of sp³-hybridized carbons (Fsp3) is 0.400. The van der Waals surface area contributed by atoms with Gasteiger partial charge in [-0.1, -0.05) is 36.1 Å². The largest absolute Gasteiger partial charge is 0.340 e. The van der Waals surface area contributed by atoms with Crippen LogP contribution in [0.1, 0.15) is 36.8 Å². The van der Waals surface area contributed by atoms with Crippen LogP contribution in [0.25, 0.3) is 21.8 Å². The highest BCUT2D eigenvalue weighted by Gasteiger charge is 2.12. The Morgan fingerprint density at radius 3 is 1.88 bits per heavy atom. The Kier molecular flexibility index (Phi) is 5.33. The smallest absolute Gasteiger partial charge is 0.325 e. The third-order valence-corrected chi connectivity index (χ3v) is 5.66. The number of rotatable bonds is 7. The van der Waals surface area contributed by atoms with Crippen molar-refractivity contribution in [2.24, 2.45) is 0 Å². The van der Waals surface area contributed by atoms with Gasteiger partial charge in [-0.05, 0) is 51.0 Å². The zero-order valence-corrected chi connectivity index (χ0v) is 15.8. The molecule has 3 rings (SSSR count). The molecule has 1 aromatic heterocycles. The summed E-state index contributed by atoms with van der Waals surface area (Å²) in [6.07, 6.45) is 3.46. The molecule has 0 amide bonds. The van der Waals surface area contributed by atoms with Crippen LogP contribution < -0.4 is 0 Å². The van der Waals surface area contributed by atoms with Gasteiger partial charge in [0.15, 0.2) is 0 Å². The Labute approximate surface area is 148 Å². The van der Waals surface area contributed by atoms with Crippen molar-refractivity contribution in [1.82, 2.24) is 4.57 Å².